The molecular formula is C10H22N2O. The molecule has 2 atom stereocenters. The lowest BCUT2D eigenvalue weighted by Crippen LogP contribution is -2.38. The van der Waals surface area contributed by atoms with Gasteiger partial charge in [-0.05, 0) is 19.9 Å². The largest absolute Gasteiger partial charge is 0.392 e. The SMILES string of the molecule is CCC[C@@H](CN1CCC(O)C1)NC. The van der Waals surface area contributed by atoms with Gasteiger partial charge >= 0.3 is 0 Å². The number of nitrogens with zero attached hydrogens (tertiary/aromatic N) is 1. The molecule has 1 aliphatic rings. The maximum Gasteiger partial charge on any atom is 0.0679 e. The summed E-state index contributed by atoms with van der Waals surface area (Å²) in [5.41, 5.74) is 0. The zero-order valence-electron chi connectivity index (χ0n) is 8.79. The van der Waals surface area contributed by atoms with Crippen molar-refractivity contribution in [2.45, 2.75) is 38.3 Å². The number of aliphatic hydroxyl groups is 1. The fourth-order valence-corrected chi connectivity index (χ4v) is 1.97. The number of rotatable bonds is 5. The molecular weight excluding hydrogens is 164 g/mol. The minimum Gasteiger partial charge on any atom is -0.392 e. The third-order valence-corrected chi connectivity index (χ3v) is 2.77. The smallest absolute Gasteiger partial charge is 0.0679 e. The van der Waals surface area contributed by atoms with Crippen molar-refractivity contribution in [3.63, 3.8) is 0 Å². The highest BCUT2D eigenvalue weighted by Crippen LogP contribution is 2.10. The number of hydrogen-bond acceptors (Lipinski definition) is 3. The van der Waals surface area contributed by atoms with Crippen molar-refractivity contribution in [1.29, 1.82) is 0 Å². The summed E-state index contributed by atoms with van der Waals surface area (Å²) in [6.07, 6.45) is 3.31. The Labute approximate surface area is 81.1 Å². The molecule has 0 amide bonds. The number of nitrogens with one attached hydrogen (secondary N) is 1. The zero-order valence-corrected chi connectivity index (χ0v) is 8.79. The van der Waals surface area contributed by atoms with Crippen LogP contribution in [0.4, 0.5) is 0 Å². The Morgan fingerprint density at radius 3 is 2.85 bits per heavy atom. The van der Waals surface area contributed by atoms with Crippen LogP contribution < -0.4 is 5.32 Å². The molecule has 0 radical (unpaired) electrons. The van der Waals surface area contributed by atoms with Crippen LogP contribution in [0.25, 0.3) is 0 Å². The van der Waals surface area contributed by atoms with Crippen LogP contribution in [-0.4, -0.2) is 48.8 Å². The predicted molar refractivity (Wildman–Crippen MR) is 54.8 cm³/mol. The topological polar surface area (TPSA) is 35.5 Å². The van der Waals surface area contributed by atoms with Crippen molar-refractivity contribution >= 4 is 0 Å². The van der Waals surface area contributed by atoms with Crippen LogP contribution in [0.3, 0.4) is 0 Å². The first-order chi connectivity index (χ1) is 6.26. The van der Waals surface area contributed by atoms with E-state index >= 15 is 0 Å². The Balaban J connectivity index is 2.21. The highest BCUT2D eigenvalue weighted by Gasteiger charge is 2.21. The monoisotopic (exact) mass is 186 g/mol. The van der Waals surface area contributed by atoms with Crippen molar-refractivity contribution in [3.05, 3.63) is 0 Å². The molecule has 1 saturated heterocycles. The Bertz CT molecular complexity index is 139. The Hall–Kier alpha value is -0.120. The number of likely N-dealkylation sites (tertiary alicyclic amines) is 1. The van der Waals surface area contributed by atoms with E-state index in [1.54, 1.807) is 0 Å². The van der Waals surface area contributed by atoms with Gasteiger partial charge in [-0.15, -0.1) is 0 Å². The maximum absolute atomic E-state index is 9.35. The van der Waals surface area contributed by atoms with Crippen molar-refractivity contribution in [2.75, 3.05) is 26.7 Å². The summed E-state index contributed by atoms with van der Waals surface area (Å²) >= 11 is 0. The molecule has 0 aromatic heterocycles. The molecule has 1 heterocycles. The van der Waals surface area contributed by atoms with Crippen LogP contribution in [0, 0.1) is 0 Å². The van der Waals surface area contributed by atoms with E-state index in [4.69, 9.17) is 0 Å². The van der Waals surface area contributed by atoms with Crippen molar-refractivity contribution in [2.24, 2.45) is 0 Å². The number of likely N-dealkylation sites (N-methyl/N-ethyl adjacent to an activating group) is 1. The molecule has 3 nitrogen and oxygen atoms in total. The predicted octanol–water partition coefficient (Wildman–Crippen LogP) is 0.441. The van der Waals surface area contributed by atoms with Crippen LogP contribution in [0.2, 0.25) is 0 Å². The minimum atomic E-state index is -0.0841. The van der Waals surface area contributed by atoms with E-state index in [2.05, 4.69) is 17.1 Å². The molecule has 0 bridgehead atoms. The summed E-state index contributed by atoms with van der Waals surface area (Å²) in [6.45, 7) is 5.22. The molecule has 0 spiro atoms. The fourth-order valence-electron chi connectivity index (χ4n) is 1.97. The number of aliphatic hydroxyl groups excluding tert-OH is 1. The first-order valence-corrected chi connectivity index (χ1v) is 5.34. The summed E-state index contributed by atoms with van der Waals surface area (Å²) < 4.78 is 0. The van der Waals surface area contributed by atoms with Crippen LogP contribution in [0.15, 0.2) is 0 Å². The second-order valence-corrected chi connectivity index (χ2v) is 3.98. The molecule has 0 aliphatic carbocycles. The number of hydrogen-bond donors (Lipinski definition) is 2. The maximum atomic E-state index is 9.35. The van der Waals surface area contributed by atoms with Crippen molar-refractivity contribution in [3.8, 4) is 0 Å². The summed E-state index contributed by atoms with van der Waals surface area (Å²) in [4.78, 5) is 2.35. The lowest BCUT2D eigenvalue weighted by molar-refractivity contribution is 0.172. The molecule has 1 rings (SSSR count). The van der Waals surface area contributed by atoms with E-state index in [0.29, 0.717) is 6.04 Å². The Morgan fingerprint density at radius 1 is 1.62 bits per heavy atom. The third-order valence-electron chi connectivity index (χ3n) is 2.77. The van der Waals surface area contributed by atoms with E-state index in [0.717, 1.165) is 26.1 Å². The van der Waals surface area contributed by atoms with Gasteiger partial charge in [-0.2, -0.15) is 0 Å². The zero-order chi connectivity index (χ0) is 9.68. The van der Waals surface area contributed by atoms with Gasteiger partial charge in [0.1, 0.15) is 0 Å². The second-order valence-electron chi connectivity index (χ2n) is 3.98. The molecule has 1 unspecified atom stereocenters. The van der Waals surface area contributed by atoms with Crippen molar-refractivity contribution in [1.82, 2.24) is 10.2 Å². The molecule has 78 valence electrons. The van der Waals surface area contributed by atoms with Gasteiger partial charge in [0.05, 0.1) is 6.10 Å². The highest BCUT2D eigenvalue weighted by atomic mass is 16.3. The van der Waals surface area contributed by atoms with Gasteiger partial charge in [-0.25, -0.2) is 0 Å². The Morgan fingerprint density at radius 2 is 2.38 bits per heavy atom. The molecule has 3 heteroatoms. The van der Waals surface area contributed by atoms with Crippen LogP contribution in [0.5, 0.6) is 0 Å². The first-order valence-electron chi connectivity index (χ1n) is 5.34. The highest BCUT2D eigenvalue weighted by molar-refractivity contribution is 4.78. The summed E-state index contributed by atoms with van der Waals surface area (Å²) in [6, 6.07) is 0.593. The van der Waals surface area contributed by atoms with Crippen LogP contribution >= 0.6 is 0 Å². The summed E-state index contributed by atoms with van der Waals surface area (Å²) in [5.74, 6) is 0. The van der Waals surface area contributed by atoms with Crippen LogP contribution in [-0.2, 0) is 0 Å². The normalized spacial score (nSPS) is 26.5. The minimum absolute atomic E-state index is 0.0841. The molecule has 13 heavy (non-hydrogen) atoms. The van der Waals surface area contributed by atoms with Gasteiger partial charge in [-0.3, -0.25) is 4.90 Å². The van der Waals surface area contributed by atoms with E-state index in [1.807, 2.05) is 7.05 Å². The average molecular weight is 186 g/mol. The Kier molecular flexibility index (Phi) is 4.70. The summed E-state index contributed by atoms with van der Waals surface area (Å²) in [7, 11) is 2.02. The van der Waals surface area contributed by atoms with Gasteiger partial charge in [0, 0.05) is 25.7 Å². The molecule has 0 aromatic rings. The van der Waals surface area contributed by atoms with Gasteiger partial charge in [-0.1, -0.05) is 13.3 Å². The van der Waals surface area contributed by atoms with Crippen molar-refractivity contribution < 1.29 is 5.11 Å². The second kappa shape index (κ2) is 5.58. The quantitative estimate of drug-likeness (QED) is 0.654. The molecule has 0 saturated carbocycles. The van der Waals surface area contributed by atoms with Gasteiger partial charge in [0.25, 0.3) is 0 Å². The lowest BCUT2D eigenvalue weighted by atomic mass is 10.1. The molecule has 1 fully saturated rings. The fraction of sp³-hybridized carbons (Fsp3) is 1.00. The molecule has 1 aliphatic heterocycles. The standard InChI is InChI=1S/C10H22N2O/c1-3-4-9(11-2)7-12-6-5-10(13)8-12/h9-11,13H,3-8H2,1-2H3/t9-,10?/m0/s1. The third kappa shape index (κ3) is 3.63. The van der Waals surface area contributed by atoms with E-state index in [9.17, 15) is 5.11 Å². The van der Waals surface area contributed by atoms with E-state index in [-0.39, 0.29) is 6.10 Å². The molecule has 2 N–H and O–H groups in total. The lowest BCUT2D eigenvalue weighted by Gasteiger charge is -2.22. The van der Waals surface area contributed by atoms with E-state index in [1.165, 1.54) is 12.8 Å². The first kappa shape index (κ1) is 11.0. The average Bonchev–Trinajstić information content (AvgIpc) is 2.50. The van der Waals surface area contributed by atoms with E-state index < -0.39 is 0 Å². The van der Waals surface area contributed by atoms with Crippen LogP contribution in [0.1, 0.15) is 26.2 Å². The number of β-amino-alcohol motifs (C(OH)–C–C–N with tert-alkyl or cyclic N) is 1. The van der Waals surface area contributed by atoms with Gasteiger partial charge < -0.3 is 10.4 Å². The summed E-state index contributed by atoms with van der Waals surface area (Å²) in [5, 5.41) is 12.7. The van der Waals surface area contributed by atoms with Gasteiger partial charge in [0.15, 0.2) is 0 Å². The van der Waals surface area contributed by atoms with Gasteiger partial charge in [0.2, 0.25) is 0 Å². The molecule has 0 aromatic carbocycles.